The lowest BCUT2D eigenvalue weighted by Crippen LogP contribution is -2.48. The maximum absolute atomic E-state index is 12.3. The van der Waals surface area contributed by atoms with E-state index in [0.717, 1.165) is 0 Å². The second-order valence-electron chi connectivity index (χ2n) is 4.05. The third-order valence-electron chi connectivity index (χ3n) is 1.28. The SMILES string of the molecule is CC(N)C(OC(C)(C)C)C(F)(F)F. The molecular formula is C8H16F3NO. The number of halogens is 3. The number of hydrogen-bond acceptors (Lipinski definition) is 2. The Bertz CT molecular complexity index is 160. The quantitative estimate of drug-likeness (QED) is 0.739. The Morgan fingerprint density at radius 3 is 1.62 bits per heavy atom. The average molecular weight is 199 g/mol. The summed E-state index contributed by atoms with van der Waals surface area (Å²) in [4.78, 5) is 0. The van der Waals surface area contributed by atoms with Gasteiger partial charge in [-0.2, -0.15) is 13.2 Å². The van der Waals surface area contributed by atoms with Gasteiger partial charge in [0.05, 0.1) is 5.60 Å². The van der Waals surface area contributed by atoms with Crippen LogP contribution in [0.25, 0.3) is 0 Å². The predicted molar refractivity (Wildman–Crippen MR) is 44.3 cm³/mol. The summed E-state index contributed by atoms with van der Waals surface area (Å²) in [6.07, 6.45) is -6.30. The van der Waals surface area contributed by atoms with Gasteiger partial charge < -0.3 is 10.5 Å². The van der Waals surface area contributed by atoms with Gasteiger partial charge in [-0.15, -0.1) is 0 Å². The van der Waals surface area contributed by atoms with Crippen molar-refractivity contribution in [1.82, 2.24) is 0 Å². The molecule has 13 heavy (non-hydrogen) atoms. The molecule has 0 aliphatic rings. The molecule has 0 saturated heterocycles. The highest BCUT2D eigenvalue weighted by Gasteiger charge is 2.45. The van der Waals surface area contributed by atoms with E-state index in [4.69, 9.17) is 10.5 Å². The molecule has 0 aliphatic carbocycles. The van der Waals surface area contributed by atoms with Crippen LogP contribution in [0, 0.1) is 0 Å². The first-order valence-electron chi connectivity index (χ1n) is 4.04. The van der Waals surface area contributed by atoms with Crippen LogP contribution in [-0.2, 0) is 4.74 Å². The van der Waals surface area contributed by atoms with Gasteiger partial charge >= 0.3 is 6.18 Å². The fourth-order valence-corrected chi connectivity index (χ4v) is 0.853. The molecule has 2 unspecified atom stereocenters. The molecule has 0 aromatic heterocycles. The third kappa shape index (κ3) is 5.10. The molecule has 0 aliphatic heterocycles. The molecule has 0 spiro atoms. The van der Waals surface area contributed by atoms with Crippen molar-refractivity contribution in [2.45, 2.75) is 51.6 Å². The molecule has 0 amide bonds. The van der Waals surface area contributed by atoms with Crippen molar-refractivity contribution in [3.63, 3.8) is 0 Å². The van der Waals surface area contributed by atoms with E-state index in [0.29, 0.717) is 0 Å². The van der Waals surface area contributed by atoms with Crippen molar-refractivity contribution in [2.24, 2.45) is 5.73 Å². The van der Waals surface area contributed by atoms with E-state index in [9.17, 15) is 13.2 Å². The Hall–Kier alpha value is -0.290. The van der Waals surface area contributed by atoms with Crippen LogP contribution in [0.15, 0.2) is 0 Å². The molecule has 0 fully saturated rings. The van der Waals surface area contributed by atoms with Gasteiger partial charge in [0.25, 0.3) is 0 Å². The first-order chi connectivity index (χ1) is 5.54. The van der Waals surface area contributed by atoms with Crippen LogP contribution < -0.4 is 5.73 Å². The van der Waals surface area contributed by atoms with Gasteiger partial charge in [-0.3, -0.25) is 0 Å². The highest BCUT2D eigenvalue weighted by Crippen LogP contribution is 2.28. The zero-order valence-corrected chi connectivity index (χ0v) is 8.27. The molecule has 0 saturated carbocycles. The monoisotopic (exact) mass is 199 g/mol. The minimum atomic E-state index is -4.40. The zero-order valence-electron chi connectivity index (χ0n) is 8.27. The fourth-order valence-electron chi connectivity index (χ4n) is 0.853. The van der Waals surface area contributed by atoms with E-state index in [1.54, 1.807) is 20.8 Å². The number of hydrogen-bond donors (Lipinski definition) is 1. The maximum atomic E-state index is 12.3. The summed E-state index contributed by atoms with van der Waals surface area (Å²) in [5, 5.41) is 0. The lowest BCUT2D eigenvalue weighted by Gasteiger charge is -2.31. The van der Waals surface area contributed by atoms with Crippen LogP contribution in [0.4, 0.5) is 13.2 Å². The van der Waals surface area contributed by atoms with Crippen molar-refractivity contribution in [3.8, 4) is 0 Å². The molecule has 0 aromatic rings. The Morgan fingerprint density at radius 1 is 1.15 bits per heavy atom. The van der Waals surface area contributed by atoms with Crippen molar-refractivity contribution in [3.05, 3.63) is 0 Å². The Kier molecular flexibility index (Phi) is 3.75. The Labute approximate surface area is 76.2 Å². The number of rotatable bonds is 2. The van der Waals surface area contributed by atoms with E-state index in [1.807, 2.05) is 0 Å². The summed E-state index contributed by atoms with van der Waals surface area (Å²) >= 11 is 0. The molecule has 2 atom stereocenters. The first kappa shape index (κ1) is 12.7. The van der Waals surface area contributed by atoms with E-state index >= 15 is 0 Å². The lowest BCUT2D eigenvalue weighted by atomic mass is 10.1. The average Bonchev–Trinajstić information content (AvgIpc) is 1.77. The van der Waals surface area contributed by atoms with E-state index in [1.165, 1.54) is 6.92 Å². The van der Waals surface area contributed by atoms with Crippen LogP contribution >= 0.6 is 0 Å². The van der Waals surface area contributed by atoms with Crippen LogP contribution in [0.1, 0.15) is 27.7 Å². The Morgan fingerprint density at radius 2 is 1.54 bits per heavy atom. The maximum Gasteiger partial charge on any atom is 0.416 e. The van der Waals surface area contributed by atoms with Gasteiger partial charge in [-0.25, -0.2) is 0 Å². The minimum Gasteiger partial charge on any atom is -0.362 e. The number of alkyl halides is 3. The van der Waals surface area contributed by atoms with Gasteiger partial charge in [0.1, 0.15) is 0 Å². The molecule has 80 valence electrons. The molecule has 2 nitrogen and oxygen atoms in total. The second-order valence-corrected chi connectivity index (χ2v) is 4.05. The first-order valence-corrected chi connectivity index (χ1v) is 4.04. The summed E-state index contributed by atoms with van der Waals surface area (Å²) in [5.74, 6) is 0. The molecule has 0 radical (unpaired) electrons. The van der Waals surface area contributed by atoms with Gasteiger partial charge in [0, 0.05) is 6.04 Å². The lowest BCUT2D eigenvalue weighted by molar-refractivity contribution is -0.249. The van der Waals surface area contributed by atoms with Gasteiger partial charge in [0.2, 0.25) is 0 Å². The molecule has 0 bridgehead atoms. The van der Waals surface area contributed by atoms with Gasteiger partial charge in [0.15, 0.2) is 6.10 Å². The van der Waals surface area contributed by atoms with Crippen LogP contribution in [0.3, 0.4) is 0 Å². The van der Waals surface area contributed by atoms with Crippen LogP contribution in [0.2, 0.25) is 0 Å². The summed E-state index contributed by atoms with van der Waals surface area (Å²) in [6.45, 7) is 5.97. The van der Waals surface area contributed by atoms with Crippen molar-refractivity contribution >= 4 is 0 Å². The number of ether oxygens (including phenoxy) is 1. The van der Waals surface area contributed by atoms with Gasteiger partial charge in [-0.1, -0.05) is 0 Å². The molecule has 0 heterocycles. The van der Waals surface area contributed by atoms with Crippen molar-refractivity contribution in [2.75, 3.05) is 0 Å². The fraction of sp³-hybridized carbons (Fsp3) is 1.00. The number of nitrogens with two attached hydrogens (primary N) is 1. The largest absolute Gasteiger partial charge is 0.416 e. The summed E-state index contributed by atoms with van der Waals surface area (Å²) in [7, 11) is 0. The summed E-state index contributed by atoms with van der Waals surface area (Å²) in [5.41, 5.74) is 4.35. The normalized spacial score (nSPS) is 18.5. The minimum absolute atomic E-state index is 0.839. The van der Waals surface area contributed by atoms with E-state index < -0.39 is 23.9 Å². The molecular weight excluding hydrogens is 183 g/mol. The van der Waals surface area contributed by atoms with Crippen LogP contribution in [0.5, 0.6) is 0 Å². The molecule has 2 N–H and O–H groups in total. The molecule has 0 aromatic carbocycles. The predicted octanol–water partition coefficient (Wildman–Crippen LogP) is 2.08. The highest BCUT2D eigenvalue weighted by atomic mass is 19.4. The topological polar surface area (TPSA) is 35.2 Å². The summed E-state index contributed by atoms with van der Waals surface area (Å²) < 4.78 is 41.7. The van der Waals surface area contributed by atoms with Crippen molar-refractivity contribution < 1.29 is 17.9 Å². The summed E-state index contributed by atoms with van der Waals surface area (Å²) in [6, 6.07) is -1.06. The molecule has 0 rings (SSSR count). The smallest absolute Gasteiger partial charge is 0.362 e. The van der Waals surface area contributed by atoms with Gasteiger partial charge in [-0.05, 0) is 27.7 Å². The Balaban J connectivity index is 4.47. The van der Waals surface area contributed by atoms with Crippen molar-refractivity contribution in [1.29, 1.82) is 0 Å². The standard InChI is InChI=1S/C8H16F3NO/c1-5(12)6(8(9,10)11)13-7(2,3)4/h5-6H,12H2,1-4H3. The van der Waals surface area contributed by atoms with Crippen LogP contribution in [-0.4, -0.2) is 23.9 Å². The van der Waals surface area contributed by atoms with E-state index in [2.05, 4.69) is 0 Å². The molecule has 5 heteroatoms. The zero-order chi connectivity index (χ0) is 10.9. The van der Waals surface area contributed by atoms with E-state index in [-0.39, 0.29) is 0 Å². The second kappa shape index (κ2) is 3.84. The third-order valence-corrected chi connectivity index (χ3v) is 1.28. The highest BCUT2D eigenvalue weighted by molar-refractivity contribution is 4.79.